The summed E-state index contributed by atoms with van der Waals surface area (Å²) in [7, 11) is -3.62. The number of hydrogen-bond donors (Lipinski definition) is 1. The summed E-state index contributed by atoms with van der Waals surface area (Å²) in [5.41, 5.74) is 0. The zero-order chi connectivity index (χ0) is 17.0. The van der Waals surface area contributed by atoms with Crippen molar-refractivity contribution in [3.05, 3.63) is 60.2 Å². The van der Waals surface area contributed by atoms with E-state index in [0.717, 1.165) is 12.8 Å². The highest BCUT2D eigenvalue weighted by atomic mass is 35.5. The third-order valence-electron chi connectivity index (χ3n) is 3.76. The molecule has 2 aromatic rings. The Morgan fingerprint density at radius 3 is 1.76 bits per heavy atom. The van der Waals surface area contributed by atoms with Crippen molar-refractivity contribution in [1.29, 1.82) is 0 Å². The van der Waals surface area contributed by atoms with Crippen molar-refractivity contribution in [2.24, 2.45) is 0 Å². The first-order valence-corrected chi connectivity index (χ1v) is 9.40. The van der Waals surface area contributed by atoms with Gasteiger partial charge in [-0.1, -0.05) is 0 Å². The molecule has 3 rings (SSSR count). The molecule has 0 radical (unpaired) electrons. The Bertz CT molecular complexity index is 670. The van der Waals surface area contributed by atoms with E-state index in [2.05, 4.69) is 5.32 Å². The molecule has 4 nitrogen and oxygen atoms in total. The van der Waals surface area contributed by atoms with Gasteiger partial charge < -0.3 is 14.4 Å². The van der Waals surface area contributed by atoms with Crippen LogP contribution in [0.2, 0.25) is 0 Å². The minimum atomic E-state index is -3.62. The Kier molecular flexibility index (Phi) is 6.82. The second-order valence-electron chi connectivity index (χ2n) is 5.60. The van der Waals surface area contributed by atoms with E-state index in [1.807, 2.05) is 0 Å². The number of halogens is 3. The number of benzene rings is 2. The Morgan fingerprint density at radius 1 is 0.880 bits per heavy atom. The van der Waals surface area contributed by atoms with Crippen molar-refractivity contribution in [1.82, 2.24) is 5.32 Å². The van der Waals surface area contributed by atoms with E-state index in [1.54, 1.807) is 0 Å². The van der Waals surface area contributed by atoms with E-state index < -0.39 is 25.0 Å². The Balaban J connectivity index is 0.00000225. The molecule has 1 aliphatic rings. The van der Waals surface area contributed by atoms with Crippen LogP contribution in [0.25, 0.3) is 0 Å². The standard InChI is InChI=1S/C17H18F2NO3P.ClH/c18-13-4-8-15(9-5-13)22-24(21,17-3-1-2-12-20-17)23-16-10-6-14(19)7-11-16;/h4-11,17,20H,1-3,12H2;1H. The van der Waals surface area contributed by atoms with Crippen molar-refractivity contribution in [2.45, 2.75) is 25.0 Å². The molecule has 1 unspecified atom stereocenters. The minimum Gasteiger partial charge on any atom is -0.415 e. The van der Waals surface area contributed by atoms with E-state index in [1.165, 1.54) is 48.5 Å². The molecule has 0 bridgehead atoms. The van der Waals surface area contributed by atoms with Crippen LogP contribution in [0.15, 0.2) is 48.5 Å². The topological polar surface area (TPSA) is 47.6 Å². The summed E-state index contributed by atoms with van der Waals surface area (Å²) in [5.74, 6) is -0.773. The molecule has 0 spiro atoms. The van der Waals surface area contributed by atoms with Gasteiger partial charge in [-0.25, -0.2) is 13.3 Å². The first-order valence-electron chi connectivity index (χ1n) is 7.79. The van der Waals surface area contributed by atoms with E-state index in [4.69, 9.17) is 9.05 Å². The zero-order valence-corrected chi connectivity index (χ0v) is 15.1. The third kappa shape index (κ3) is 5.18. The summed E-state index contributed by atoms with van der Waals surface area (Å²) in [6.07, 6.45) is 2.53. The quantitative estimate of drug-likeness (QED) is 0.719. The van der Waals surface area contributed by atoms with Gasteiger partial charge in [-0.05, 0) is 74.3 Å². The lowest BCUT2D eigenvalue weighted by Crippen LogP contribution is -2.36. The lowest BCUT2D eigenvalue weighted by Gasteiger charge is -2.30. The van der Waals surface area contributed by atoms with Crippen LogP contribution in [0.4, 0.5) is 8.78 Å². The molecule has 0 saturated carbocycles. The first-order chi connectivity index (χ1) is 11.5. The highest BCUT2D eigenvalue weighted by Gasteiger charge is 2.40. The van der Waals surface area contributed by atoms with Crippen LogP contribution >= 0.6 is 20.0 Å². The lowest BCUT2D eigenvalue weighted by atomic mass is 10.2. The van der Waals surface area contributed by atoms with Gasteiger partial charge in [0, 0.05) is 0 Å². The van der Waals surface area contributed by atoms with E-state index in [-0.39, 0.29) is 23.9 Å². The average molecular weight is 390 g/mol. The molecule has 1 aliphatic heterocycles. The van der Waals surface area contributed by atoms with Gasteiger partial charge in [-0.3, -0.25) is 0 Å². The summed E-state index contributed by atoms with van der Waals surface area (Å²) in [6, 6.07) is 10.5. The smallest absolute Gasteiger partial charge is 0.415 e. The summed E-state index contributed by atoms with van der Waals surface area (Å²) in [4.78, 5) is 0. The molecular weight excluding hydrogens is 371 g/mol. The SMILES string of the molecule is Cl.O=P(Oc1ccc(F)cc1)(Oc1ccc(F)cc1)C1CCCCN1. The van der Waals surface area contributed by atoms with E-state index in [9.17, 15) is 13.3 Å². The Labute approximate surface area is 151 Å². The average Bonchev–Trinajstić information content (AvgIpc) is 2.60. The summed E-state index contributed by atoms with van der Waals surface area (Å²) in [5, 5.41) is 3.16. The van der Waals surface area contributed by atoms with Crippen LogP contribution in [0.3, 0.4) is 0 Å². The second-order valence-corrected chi connectivity index (χ2v) is 7.66. The van der Waals surface area contributed by atoms with Gasteiger partial charge in [0.15, 0.2) is 0 Å². The highest BCUT2D eigenvalue weighted by molar-refractivity contribution is 7.55. The van der Waals surface area contributed by atoms with Crippen molar-refractivity contribution in [2.75, 3.05) is 6.54 Å². The lowest BCUT2D eigenvalue weighted by molar-refractivity contribution is 0.339. The number of nitrogens with one attached hydrogen (secondary N) is 1. The van der Waals surface area contributed by atoms with Gasteiger partial charge in [-0.15, -0.1) is 12.4 Å². The molecule has 1 atom stereocenters. The molecule has 136 valence electrons. The molecule has 0 amide bonds. The molecule has 0 aliphatic carbocycles. The van der Waals surface area contributed by atoms with Crippen LogP contribution in [0, 0.1) is 11.6 Å². The fraction of sp³-hybridized carbons (Fsp3) is 0.294. The maximum absolute atomic E-state index is 13.4. The largest absolute Gasteiger partial charge is 0.447 e. The van der Waals surface area contributed by atoms with Crippen LogP contribution in [0.5, 0.6) is 11.5 Å². The Morgan fingerprint density at radius 2 is 1.36 bits per heavy atom. The van der Waals surface area contributed by atoms with Gasteiger partial charge in [0.1, 0.15) is 28.9 Å². The molecule has 1 fully saturated rings. The Hall–Kier alpha value is -1.62. The molecule has 25 heavy (non-hydrogen) atoms. The van der Waals surface area contributed by atoms with E-state index in [0.29, 0.717) is 13.0 Å². The number of hydrogen-bond acceptors (Lipinski definition) is 4. The van der Waals surface area contributed by atoms with Crippen LogP contribution in [0.1, 0.15) is 19.3 Å². The molecule has 0 aromatic heterocycles. The monoisotopic (exact) mass is 389 g/mol. The molecule has 1 N–H and O–H groups in total. The number of rotatable bonds is 5. The fourth-order valence-electron chi connectivity index (χ4n) is 2.53. The predicted molar refractivity (Wildman–Crippen MR) is 94.6 cm³/mol. The van der Waals surface area contributed by atoms with Gasteiger partial charge in [0.05, 0.1) is 0 Å². The van der Waals surface area contributed by atoms with Gasteiger partial charge in [0.25, 0.3) is 0 Å². The van der Waals surface area contributed by atoms with Gasteiger partial charge in [-0.2, -0.15) is 0 Å². The normalized spacial score (nSPS) is 17.4. The van der Waals surface area contributed by atoms with Crippen molar-refractivity contribution >= 4 is 20.0 Å². The first kappa shape index (κ1) is 19.7. The van der Waals surface area contributed by atoms with Gasteiger partial charge in [0.2, 0.25) is 0 Å². The highest BCUT2D eigenvalue weighted by Crippen LogP contribution is 2.53. The molecule has 1 saturated heterocycles. The van der Waals surface area contributed by atoms with Crippen molar-refractivity contribution in [3.8, 4) is 11.5 Å². The van der Waals surface area contributed by atoms with Crippen molar-refractivity contribution < 1.29 is 22.4 Å². The minimum absolute atomic E-state index is 0. The second kappa shape index (κ2) is 8.65. The fourth-order valence-corrected chi connectivity index (χ4v) is 4.51. The zero-order valence-electron chi connectivity index (χ0n) is 13.4. The molecule has 2 aromatic carbocycles. The predicted octanol–water partition coefficient (Wildman–Crippen LogP) is 5.14. The van der Waals surface area contributed by atoms with E-state index >= 15 is 0 Å². The van der Waals surface area contributed by atoms with Gasteiger partial charge >= 0.3 is 7.60 Å². The summed E-state index contributed by atoms with van der Waals surface area (Å²) >= 11 is 0. The van der Waals surface area contributed by atoms with Crippen molar-refractivity contribution in [3.63, 3.8) is 0 Å². The summed E-state index contributed by atoms with van der Waals surface area (Å²) < 4.78 is 50.8. The third-order valence-corrected chi connectivity index (χ3v) is 5.89. The maximum Gasteiger partial charge on any atom is 0.447 e. The molecule has 1 heterocycles. The van der Waals surface area contributed by atoms with Crippen LogP contribution < -0.4 is 14.4 Å². The molecular formula is C17H19ClF2NO3P. The molecule has 8 heteroatoms. The van der Waals surface area contributed by atoms with Crippen LogP contribution in [-0.4, -0.2) is 12.3 Å². The number of piperidine rings is 1. The summed E-state index contributed by atoms with van der Waals surface area (Å²) in [6.45, 7) is 0.716. The maximum atomic E-state index is 13.4. The van der Waals surface area contributed by atoms with Crippen LogP contribution in [-0.2, 0) is 4.57 Å².